The van der Waals surface area contributed by atoms with Gasteiger partial charge in [-0.25, -0.2) is 0 Å². The van der Waals surface area contributed by atoms with Crippen molar-refractivity contribution in [3.63, 3.8) is 0 Å². The summed E-state index contributed by atoms with van der Waals surface area (Å²) in [5.41, 5.74) is 38.0. The lowest BCUT2D eigenvalue weighted by Gasteiger charge is -2.28. The molecule has 22 aromatic rings. The van der Waals surface area contributed by atoms with Crippen molar-refractivity contribution in [3.05, 3.63) is 461 Å². The van der Waals surface area contributed by atoms with E-state index in [1.165, 1.54) is 210 Å². The van der Waals surface area contributed by atoms with E-state index in [1.54, 1.807) is 0 Å². The van der Waals surface area contributed by atoms with Gasteiger partial charge in [-0.1, -0.05) is 443 Å². The van der Waals surface area contributed by atoms with Crippen LogP contribution in [0.1, 0.15) is 218 Å². The monoisotopic (exact) mass is 1850 g/mol. The van der Waals surface area contributed by atoms with Gasteiger partial charge in [-0.05, 0) is 232 Å². The number of rotatable bonds is 5. The summed E-state index contributed by atoms with van der Waals surface area (Å²) in [5, 5.41) is 13.0. The van der Waals surface area contributed by atoms with Gasteiger partial charge in [0.15, 0.2) is 0 Å². The van der Waals surface area contributed by atoms with E-state index < -0.39 is 0 Å². The molecule has 0 amide bonds. The fourth-order valence-corrected chi connectivity index (χ4v) is 22.3. The van der Waals surface area contributed by atoms with E-state index >= 15 is 0 Å². The van der Waals surface area contributed by atoms with Crippen LogP contribution in [0.15, 0.2) is 388 Å². The van der Waals surface area contributed by atoms with Crippen molar-refractivity contribution in [3.8, 4) is 28.4 Å². The Morgan fingerprint density at radius 3 is 0.610 bits per heavy atom. The Labute approximate surface area is 839 Å². The number of hydrogen-bond donors (Lipinski definition) is 0. The van der Waals surface area contributed by atoms with Gasteiger partial charge in [-0.2, -0.15) is 0 Å². The van der Waals surface area contributed by atoms with Crippen LogP contribution in [0, 0.1) is 41.5 Å². The summed E-state index contributed by atoms with van der Waals surface area (Å²) in [6.45, 7) is 61.0. The van der Waals surface area contributed by atoms with E-state index in [0.717, 1.165) is 0 Å². The SMILES string of the molecule is CC(C)(C)c1c(-n2c3ccccc3c3ccccc32)ccc2c3ccccc3n(-c3ccccc3)c12.CC(C)(C)c1c(-n2c3ccccc3c3ccccc32)cccc1-n1c2ccccc2c2ccccc21.CC(C)(C)c1cccc2c3ccccc3n(-c3ccccc3)c12.Cc1cccc(C)c1C(C)(C)C.Cc1cccc(C)c1C(C)(C)C.Cc1ccccc1C(C)(C)C.Cc1ccccc1C(C)(C)C. The Hall–Kier alpha value is -14.3. The molecule has 0 bridgehead atoms. The van der Waals surface area contributed by atoms with E-state index in [1.807, 2.05) is 0 Å². The predicted molar refractivity (Wildman–Crippen MR) is 616 cm³/mol. The lowest BCUT2D eigenvalue weighted by Crippen LogP contribution is -2.19. The lowest BCUT2D eigenvalue weighted by atomic mass is 9.81. The minimum atomic E-state index is -0.0950. The largest absolute Gasteiger partial charge is 0.309 e. The van der Waals surface area contributed by atoms with Crippen LogP contribution in [0.5, 0.6) is 0 Å². The standard InChI is InChI=1S/2C34H28N2.C22H21N.2C12H18.2C11H16/c1-34(2,3)33-31(35-27-17-8-4-13-23(27)24-14-5-9-18-28(24)35)21-12-22-32(33)36-29-19-10-6-15-25(29)26-16-7-11-20-30(26)36;1-34(2,3)32-31(36-29-19-11-7-15-24(29)25-16-8-12-20-30(25)36)22-21-27-26-17-9-10-18-28(26)35(33(27)32)23-13-5-4-6-14-23;1-22(2,3)19-14-9-13-18-17-12-7-8-15-20(17)23(21(18)19)16-10-5-4-6-11-16;2*1-9-7-6-8-10(2)11(9)12(3,4)5;2*1-9-7-5-6-8-10(9)11(2,3)4/h2*4-22H,1-3H3;4-15H,1-3H3;2*6-8H,1-5H3;2*5-8H,1-4H3. The third-order valence-electron chi connectivity index (χ3n) is 27.7. The zero-order chi connectivity index (χ0) is 101. The van der Waals surface area contributed by atoms with Crippen molar-refractivity contribution < 1.29 is 0 Å². The van der Waals surface area contributed by atoms with Gasteiger partial charge in [-0.3, -0.25) is 0 Å². The molecule has 5 heterocycles. The molecule has 0 radical (unpaired) electrons. The maximum Gasteiger partial charge on any atom is 0.0599 e. The molecule has 0 saturated carbocycles. The van der Waals surface area contributed by atoms with Crippen molar-refractivity contribution in [1.82, 2.24) is 22.8 Å². The van der Waals surface area contributed by atoms with Crippen LogP contribution in [-0.4, -0.2) is 22.8 Å². The van der Waals surface area contributed by atoms with Crippen molar-refractivity contribution >= 4 is 109 Å². The average Bonchev–Trinajstić information content (AvgIpc) is 1.55. The molecule has 5 nitrogen and oxygen atoms in total. The van der Waals surface area contributed by atoms with E-state index in [4.69, 9.17) is 0 Å². The van der Waals surface area contributed by atoms with E-state index in [0.29, 0.717) is 0 Å². The van der Waals surface area contributed by atoms with Crippen LogP contribution in [0.2, 0.25) is 0 Å². The molecule has 22 rings (SSSR count). The molecule has 0 N–H and O–H groups in total. The molecule has 0 aliphatic carbocycles. The summed E-state index contributed by atoms with van der Waals surface area (Å²) in [6.07, 6.45) is 0. The minimum absolute atomic E-state index is 0.0924. The van der Waals surface area contributed by atoms with Crippen molar-refractivity contribution in [2.75, 3.05) is 0 Å². The number of aromatic nitrogens is 5. The highest BCUT2D eigenvalue weighted by Gasteiger charge is 2.32. The maximum absolute atomic E-state index is 2.47. The molecule has 0 aliphatic rings. The van der Waals surface area contributed by atoms with Crippen LogP contribution in [0.3, 0.4) is 0 Å². The Balaban J connectivity index is 0.000000126. The fraction of sp³-hybridized carbons (Fsp3) is 0.250. The molecular weight excluding hydrogens is 1700 g/mol. The molecule has 0 saturated heterocycles. The molecular formula is C136H145N5. The van der Waals surface area contributed by atoms with Crippen LogP contribution < -0.4 is 0 Å². The fourth-order valence-electron chi connectivity index (χ4n) is 22.3. The Morgan fingerprint density at radius 1 is 0.135 bits per heavy atom. The number of aryl methyl sites for hydroxylation is 6. The maximum atomic E-state index is 2.47. The summed E-state index contributed by atoms with van der Waals surface area (Å²) in [4.78, 5) is 0. The van der Waals surface area contributed by atoms with Gasteiger partial charge in [0.05, 0.1) is 72.2 Å². The van der Waals surface area contributed by atoms with Gasteiger partial charge in [0.2, 0.25) is 0 Å². The number of hydrogen-bond acceptors (Lipinski definition) is 0. The summed E-state index contributed by atoms with van der Waals surface area (Å²) in [6, 6.07) is 140. The van der Waals surface area contributed by atoms with E-state index in [2.05, 4.69) is 598 Å². The second-order valence-electron chi connectivity index (χ2n) is 45.6. The Morgan fingerprint density at radius 2 is 0.340 bits per heavy atom. The van der Waals surface area contributed by atoms with Gasteiger partial charge in [0.25, 0.3) is 0 Å². The second kappa shape index (κ2) is 40.2. The van der Waals surface area contributed by atoms with Crippen LogP contribution in [-0.2, 0) is 37.9 Å². The summed E-state index contributed by atoms with van der Waals surface area (Å²) in [7, 11) is 0. The number of fused-ring (bicyclic) bond motifs is 15. The first-order valence-electron chi connectivity index (χ1n) is 50.6. The zero-order valence-electron chi connectivity index (χ0n) is 88.7. The Bertz CT molecular complexity index is 7790. The third-order valence-corrected chi connectivity index (χ3v) is 27.7. The van der Waals surface area contributed by atoms with Gasteiger partial charge >= 0.3 is 0 Å². The molecule has 0 aliphatic heterocycles. The van der Waals surface area contributed by atoms with Gasteiger partial charge in [0.1, 0.15) is 0 Å². The molecule has 141 heavy (non-hydrogen) atoms. The summed E-state index contributed by atoms with van der Waals surface area (Å²) in [5.74, 6) is 0. The molecule has 5 aromatic heterocycles. The topological polar surface area (TPSA) is 24.6 Å². The molecule has 0 unspecified atom stereocenters. The van der Waals surface area contributed by atoms with E-state index in [9.17, 15) is 0 Å². The quantitative estimate of drug-likeness (QED) is 0.164. The Kier molecular flexibility index (Phi) is 28.4. The van der Waals surface area contributed by atoms with E-state index in [-0.39, 0.29) is 37.9 Å². The summed E-state index contributed by atoms with van der Waals surface area (Å²) < 4.78 is 12.3. The van der Waals surface area contributed by atoms with Crippen molar-refractivity contribution in [1.29, 1.82) is 0 Å². The zero-order valence-corrected chi connectivity index (χ0v) is 88.7. The van der Waals surface area contributed by atoms with Crippen molar-refractivity contribution in [2.45, 2.75) is 225 Å². The second-order valence-corrected chi connectivity index (χ2v) is 45.6. The smallest absolute Gasteiger partial charge is 0.0599 e. The number of nitrogens with zero attached hydrogens (tertiary/aromatic N) is 5. The average molecular weight is 1850 g/mol. The highest BCUT2D eigenvalue weighted by Crippen LogP contribution is 2.48. The van der Waals surface area contributed by atoms with Crippen molar-refractivity contribution in [2.24, 2.45) is 0 Å². The van der Waals surface area contributed by atoms with Gasteiger partial charge in [-0.15, -0.1) is 0 Å². The summed E-state index contributed by atoms with van der Waals surface area (Å²) >= 11 is 0. The normalized spacial score (nSPS) is 12.1. The molecule has 0 atom stereocenters. The van der Waals surface area contributed by atoms with Crippen LogP contribution in [0.25, 0.3) is 137 Å². The van der Waals surface area contributed by atoms with Gasteiger partial charge in [0, 0.05) is 76.4 Å². The molecule has 714 valence electrons. The highest BCUT2D eigenvalue weighted by molar-refractivity contribution is 6.15. The molecule has 17 aromatic carbocycles. The first kappa shape index (κ1) is 99.7. The predicted octanol–water partition coefficient (Wildman–Crippen LogP) is 38.2. The molecule has 0 spiro atoms. The molecule has 5 heteroatoms. The van der Waals surface area contributed by atoms with Crippen LogP contribution in [0.4, 0.5) is 0 Å². The first-order chi connectivity index (χ1) is 67.0. The lowest BCUT2D eigenvalue weighted by molar-refractivity contribution is 0.581. The van der Waals surface area contributed by atoms with Gasteiger partial charge < -0.3 is 22.8 Å². The van der Waals surface area contributed by atoms with Crippen LogP contribution >= 0.6 is 0 Å². The minimum Gasteiger partial charge on any atom is -0.309 e. The first-order valence-corrected chi connectivity index (χ1v) is 50.6. The third kappa shape index (κ3) is 20.5. The highest BCUT2D eigenvalue weighted by atomic mass is 15.0. The number of benzene rings is 17. The number of para-hydroxylation sites is 11. The molecule has 0 fully saturated rings.